The van der Waals surface area contributed by atoms with Gasteiger partial charge in [-0.05, 0) is 43.7 Å². The van der Waals surface area contributed by atoms with Crippen LogP contribution in [0.2, 0.25) is 0 Å². The third-order valence-corrected chi connectivity index (χ3v) is 6.08. The Balaban J connectivity index is 1.47. The molecule has 1 fully saturated rings. The second-order valence-electron chi connectivity index (χ2n) is 8.88. The average molecular weight is 411 g/mol. The molecule has 0 bridgehead atoms. The first-order valence-electron chi connectivity index (χ1n) is 11.3. The molecule has 1 amide bonds. The van der Waals surface area contributed by atoms with Crippen molar-refractivity contribution in [2.24, 2.45) is 5.92 Å². The normalized spacial score (nSPS) is 19.2. The number of nitrogens with one attached hydrogen (secondary N) is 1. The number of benzene rings is 1. The molecule has 1 unspecified atom stereocenters. The largest absolute Gasteiger partial charge is 0.378 e. The van der Waals surface area contributed by atoms with Crippen LogP contribution in [0.3, 0.4) is 0 Å². The van der Waals surface area contributed by atoms with Crippen molar-refractivity contribution >= 4 is 5.91 Å². The van der Waals surface area contributed by atoms with Gasteiger partial charge in [-0.15, -0.1) is 0 Å². The lowest BCUT2D eigenvalue weighted by Gasteiger charge is -2.28. The van der Waals surface area contributed by atoms with Crippen LogP contribution >= 0.6 is 0 Å². The van der Waals surface area contributed by atoms with E-state index in [4.69, 9.17) is 9.84 Å². The molecule has 1 aromatic carbocycles. The standard InChI is InChI=1S/C24H34N4O2/c1-18(2)17-28-22-9-8-20(25-11-10-19-6-4-3-5-7-19)16-21(22)23(26-28)24(29)27-12-14-30-15-13-27/h3-7,18,20,25H,8-17H2,1-2H3. The summed E-state index contributed by atoms with van der Waals surface area (Å²) in [6.45, 7) is 8.77. The Morgan fingerprint density at radius 1 is 1.23 bits per heavy atom. The predicted octanol–water partition coefficient (Wildman–Crippen LogP) is 2.70. The SMILES string of the molecule is CC(C)Cn1nc(C(=O)N2CCOCC2)c2c1CCC(NCCc1ccccc1)C2. The van der Waals surface area contributed by atoms with E-state index in [1.54, 1.807) is 0 Å². The van der Waals surface area contributed by atoms with Gasteiger partial charge in [-0.25, -0.2) is 0 Å². The maximum absolute atomic E-state index is 13.3. The number of hydrogen-bond acceptors (Lipinski definition) is 4. The van der Waals surface area contributed by atoms with Gasteiger partial charge in [-0.2, -0.15) is 5.10 Å². The molecule has 1 aliphatic carbocycles. The highest BCUT2D eigenvalue weighted by molar-refractivity contribution is 5.94. The van der Waals surface area contributed by atoms with Crippen molar-refractivity contribution in [3.8, 4) is 0 Å². The lowest BCUT2D eigenvalue weighted by molar-refractivity contribution is 0.0297. The number of aromatic nitrogens is 2. The number of carbonyl (C=O) groups excluding carboxylic acids is 1. The van der Waals surface area contributed by atoms with E-state index in [2.05, 4.69) is 54.2 Å². The number of carbonyl (C=O) groups is 1. The highest BCUT2D eigenvalue weighted by Gasteiger charge is 2.31. The fourth-order valence-corrected chi connectivity index (χ4v) is 4.51. The van der Waals surface area contributed by atoms with Gasteiger partial charge >= 0.3 is 0 Å². The molecule has 30 heavy (non-hydrogen) atoms. The molecule has 6 nitrogen and oxygen atoms in total. The Labute approximate surface area is 179 Å². The number of ether oxygens (including phenoxy) is 1. The van der Waals surface area contributed by atoms with E-state index >= 15 is 0 Å². The van der Waals surface area contributed by atoms with E-state index in [1.165, 1.54) is 11.3 Å². The molecule has 0 saturated carbocycles. The van der Waals surface area contributed by atoms with E-state index in [0.717, 1.165) is 44.3 Å². The number of rotatable bonds is 7. The molecule has 2 heterocycles. The van der Waals surface area contributed by atoms with Crippen LogP contribution in [0.15, 0.2) is 30.3 Å². The fraction of sp³-hybridized carbons (Fsp3) is 0.583. The third-order valence-electron chi connectivity index (χ3n) is 6.08. The number of hydrogen-bond donors (Lipinski definition) is 1. The van der Waals surface area contributed by atoms with Gasteiger partial charge < -0.3 is 15.0 Å². The molecular weight excluding hydrogens is 376 g/mol. The number of fused-ring (bicyclic) bond motifs is 1. The van der Waals surface area contributed by atoms with Gasteiger partial charge in [-0.3, -0.25) is 9.48 Å². The third kappa shape index (κ3) is 4.93. The Kier molecular flexibility index (Phi) is 6.85. The molecule has 0 spiro atoms. The topological polar surface area (TPSA) is 59.4 Å². The van der Waals surface area contributed by atoms with E-state index in [0.29, 0.717) is 44.0 Å². The maximum Gasteiger partial charge on any atom is 0.274 e. The molecule has 2 aromatic rings. The molecule has 1 aliphatic heterocycles. The van der Waals surface area contributed by atoms with Crippen LogP contribution in [0.4, 0.5) is 0 Å². The zero-order chi connectivity index (χ0) is 20.9. The average Bonchev–Trinajstić information content (AvgIpc) is 3.11. The van der Waals surface area contributed by atoms with Crippen LogP contribution in [-0.4, -0.2) is 59.5 Å². The Hall–Kier alpha value is -2.18. The zero-order valence-corrected chi connectivity index (χ0v) is 18.3. The van der Waals surface area contributed by atoms with Crippen molar-refractivity contribution in [2.45, 2.75) is 52.1 Å². The summed E-state index contributed by atoms with van der Waals surface area (Å²) < 4.78 is 7.53. The van der Waals surface area contributed by atoms with Gasteiger partial charge in [-0.1, -0.05) is 44.2 Å². The molecule has 1 saturated heterocycles. The van der Waals surface area contributed by atoms with Crippen LogP contribution in [-0.2, 0) is 30.5 Å². The molecule has 162 valence electrons. The van der Waals surface area contributed by atoms with Gasteiger partial charge in [0.05, 0.1) is 13.2 Å². The summed E-state index contributed by atoms with van der Waals surface area (Å²) >= 11 is 0. The Morgan fingerprint density at radius 2 is 2.00 bits per heavy atom. The quantitative estimate of drug-likeness (QED) is 0.763. The first-order chi connectivity index (χ1) is 14.6. The summed E-state index contributed by atoms with van der Waals surface area (Å²) in [5.41, 5.74) is 4.45. The minimum absolute atomic E-state index is 0.0713. The summed E-state index contributed by atoms with van der Waals surface area (Å²) in [5.74, 6) is 0.573. The number of morpholine rings is 1. The summed E-state index contributed by atoms with van der Waals surface area (Å²) in [4.78, 5) is 15.2. The van der Waals surface area contributed by atoms with Crippen molar-refractivity contribution in [1.29, 1.82) is 0 Å². The molecule has 1 N–H and O–H groups in total. The molecule has 6 heteroatoms. The zero-order valence-electron chi connectivity index (χ0n) is 18.3. The molecule has 1 atom stereocenters. The van der Waals surface area contributed by atoms with Crippen LogP contribution in [0.5, 0.6) is 0 Å². The molecule has 4 rings (SSSR count). The lowest BCUT2D eigenvalue weighted by atomic mass is 9.90. The van der Waals surface area contributed by atoms with Crippen LogP contribution in [0, 0.1) is 5.92 Å². The Bertz CT molecular complexity index is 840. The van der Waals surface area contributed by atoms with Gasteiger partial charge in [0, 0.05) is 36.9 Å². The van der Waals surface area contributed by atoms with Crippen LogP contribution in [0.25, 0.3) is 0 Å². The van der Waals surface area contributed by atoms with Crippen molar-refractivity contribution < 1.29 is 9.53 Å². The molecule has 2 aliphatic rings. The predicted molar refractivity (Wildman–Crippen MR) is 118 cm³/mol. The van der Waals surface area contributed by atoms with Gasteiger partial charge in [0.2, 0.25) is 0 Å². The monoisotopic (exact) mass is 410 g/mol. The van der Waals surface area contributed by atoms with Crippen LogP contribution in [0.1, 0.15) is 47.6 Å². The highest BCUT2D eigenvalue weighted by Crippen LogP contribution is 2.27. The maximum atomic E-state index is 13.3. The minimum Gasteiger partial charge on any atom is -0.378 e. The number of amides is 1. The summed E-state index contributed by atoms with van der Waals surface area (Å²) in [7, 11) is 0. The van der Waals surface area contributed by atoms with E-state index < -0.39 is 0 Å². The van der Waals surface area contributed by atoms with Gasteiger partial charge in [0.25, 0.3) is 5.91 Å². The van der Waals surface area contributed by atoms with E-state index in [1.807, 2.05) is 4.90 Å². The second-order valence-corrected chi connectivity index (χ2v) is 8.88. The lowest BCUT2D eigenvalue weighted by Crippen LogP contribution is -2.42. The first kappa shape index (κ1) is 21.1. The summed E-state index contributed by atoms with van der Waals surface area (Å²) in [6, 6.07) is 11.0. The van der Waals surface area contributed by atoms with Crippen molar-refractivity contribution in [1.82, 2.24) is 20.0 Å². The van der Waals surface area contributed by atoms with E-state index in [-0.39, 0.29) is 5.91 Å². The minimum atomic E-state index is 0.0713. The Morgan fingerprint density at radius 3 is 2.73 bits per heavy atom. The molecule has 0 radical (unpaired) electrons. The summed E-state index contributed by atoms with van der Waals surface area (Å²) in [6.07, 6.45) is 3.98. The fourth-order valence-electron chi connectivity index (χ4n) is 4.51. The van der Waals surface area contributed by atoms with Gasteiger partial charge in [0.15, 0.2) is 5.69 Å². The van der Waals surface area contributed by atoms with Crippen molar-refractivity contribution in [3.63, 3.8) is 0 Å². The highest BCUT2D eigenvalue weighted by atomic mass is 16.5. The van der Waals surface area contributed by atoms with Gasteiger partial charge in [0.1, 0.15) is 0 Å². The van der Waals surface area contributed by atoms with Crippen molar-refractivity contribution in [3.05, 3.63) is 52.8 Å². The first-order valence-corrected chi connectivity index (χ1v) is 11.3. The van der Waals surface area contributed by atoms with Crippen molar-refractivity contribution in [2.75, 3.05) is 32.8 Å². The van der Waals surface area contributed by atoms with E-state index in [9.17, 15) is 4.79 Å². The molecule has 1 aromatic heterocycles. The number of nitrogens with zero attached hydrogens (tertiary/aromatic N) is 3. The second kappa shape index (κ2) is 9.75. The molecular formula is C24H34N4O2. The summed E-state index contributed by atoms with van der Waals surface area (Å²) in [5, 5.41) is 8.55. The van der Waals surface area contributed by atoms with Crippen LogP contribution < -0.4 is 5.32 Å². The smallest absolute Gasteiger partial charge is 0.274 e.